The molecule has 1 fully saturated rings. The van der Waals surface area contributed by atoms with Gasteiger partial charge in [-0.05, 0) is 36.7 Å². The van der Waals surface area contributed by atoms with Gasteiger partial charge in [0.05, 0.1) is 4.92 Å². The highest BCUT2D eigenvalue weighted by atomic mass is 19.1. The number of aromatic nitrogens is 1. The van der Waals surface area contributed by atoms with Crippen LogP contribution in [0.1, 0.15) is 36.0 Å². The van der Waals surface area contributed by atoms with Gasteiger partial charge in [0, 0.05) is 67.8 Å². The number of amides is 1. The number of hydrogen-bond acceptors (Lipinski definition) is 4. The number of aromatic amines is 1. The van der Waals surface area contributed by atoms with Crippen LogP contribution in [0.3, 0.4) is 0 Å². The summed E-state index contributed by atoms with van der Waals surface area (Å²) in [5.41, 5.74) is 2.68. The van der Waals surface area contributed by atoms with Gasteiger partial charge in [-0.1, -0.05) is 24.6 Å². The Morgan fingerprint density at radius 2 is 1.91 bits per heavy atom. The largest absolute Gasteiger partial charge is 0.361 e. The number of carbonyl (C=O) groups is 1. The summed E-state index contributed by atoms with van der Waals surface area (Å²) in [6.45, 7) is 7.88. The molecule has 0 radical (unpaired) electrons. The lowest BCUT2D eigenvalue weighted by Crippen LogP contribution is -2.48. The zero-order valence-corrected chi connectivity index (χ0v) is 18.3. The number of likely N-dealkylation sites (N-methyl/N-ethyl adjacent to an activating group) is 1. The maximum absolute atomic E-state index is 15.0. The summed E-state index contributed by atoms with van der Waals surface area (Å²) in [5.74, 6) is -0.974. The first-order valence-electron chi connectivity index (χ1n) is 10.9. The van der Waals surface area contributed by atoms with Crippen molar-refractivity contribution in [3.05, 3.63) is 75.2 Å². The Hall–Kier alpha value is -3.26. The average Bonchev–Trinajstić information content (AvgIpc) is 3.22. The number of carbonyl (C=O) groups excluding carboxylic acids is 1. The molecule has 1 aliphatic rings. The molecule has 32 heavy (non-hydrogen) atoms. The number of hydrogen-bond donors (Lipinski definition) is 1. The monoisotopic (exact) mass is 438 g/mol. The van der Waals surface area contributed by atoms with Gasteiger partial charge >= 0.3 is 0 Å². The molecule has 8 heteroatoms. The van der Waals surface area contributed by atoms with Crippen LogP contribution in [-0.4, -0.2) is 58.3 Å². The highest BCUT2D eigenvalue weighted by molar-refractivity contribution is 5.87. The highest BCUT2D eigenvalue weighted by Crippen LogP contribution is 2.37. The van der Waals surface area contributed by atoms with E-state index in [-0.39, 0.29) is 23.8 Å². The van der Waals surface area contributed by atoms with Crippen molar-refractivity contribution in [3.8, 4) is 0 Å². The van der Waals surface area contributed by atoms with Gasteiger partial charge in [-0.15, -0.1) is 0 Å². The summed E-state index contributed by atoms with van der Waals surface area (Å²) in [4.78, 5) is 31.4. The van der Waals surface area contributed by atoms with E-state index >= 15 is 0 Å². The van der Waals surface area contributed by atoms with E-state index in [1.54, 1.807) is 24.4 Å². The van der Waals surface area contributed by atoms with Gasteiger partial charge < -0.3 is 14.8 Å². The minimum atomic E-state index is -0.553. The first-order valence-corrected chi connectivity index (χ1v) is 10.9. The van der Waals surface area contributed by atoms with E-state index < -0.39 is 10.8 Å². The van der Waals surface area contributed by atoms with Gasteiger partial charge in [0.25, 0.3) is 5.69 Å². The molecule has 3 aromatic rings. The van der Waals surface area contributed by atoms with Crippen LogP contribution in [-0.2, 0) is 4.79 Å². The fraction of sp³-hybridized carbons (Fsp3) is 0.375. The number of aryl methyl sites for hydroxylation is 1. The van der Waals surface area contributed by atoms with Crippen molar-refractivity contribution in [1.29, 1.82) is 0 Å². The van der Waals surface area contributed by atoms with E-state index in [4.69, 9.17) is 0 Å². The van der Waals surface area contributed by atoms with Crippen LogP contribution in [0, 0.1) is 22.9 Å². The van der Waals surface area contributed by atoms with E-state index in [1.807, 2.05) is 11.8 Å². The maximum atomic E-state index is 15.0. The highest BCUT2D eigenvalue weighted by Gasteiger charge is 2.28. The van der Waals surface area contributed by atoms with E-state index in [0.29, 0.717) is 35.1 Å². The Kier molecular flexibility index (Phi) is 6.23. The molecule has 0 spiro atoms. The van der Waals surface area contributed by atoms with Crippen LogP contribution in [0.2, 0.25) is 0 Å². The Bertz CT molecular complexity index is 1150. The van der Waals surface area contributed by atoms with Crippen LogP contribution in [0.4, 0.5) is 10.1 Å². The second kappa shape index (κ2) is 9.08. The van der Waals surface area contributed by atoms with E-state index in [1.165, 1.54) is 18.2 Å². The minimum Gasteiger partial charge on any atom is -0.361 e. The second-order valence-electron chi connectivity index (χ2n) is 8.33. The number of rotatable bonds is 6. The van der Waals surface area contributed by atoms with Crippen molar-refractivity contribution in [2.24, 2.45) is 0 Å². The number of nitro benzene ring substituents is 1. The normalized spacial score (nSPS) is 15.8. The van der Waals surface area contributed by atoms with Gasteiger partial charge in [0.2, 0.25) is 5.91 Å². The molecule has 1 atom stereocenters. The summed E-state index contributed by atoms with van der Waals surface area (Å²) >= 11 is 0. The predicted molar refractivity (Wildman–Crippen MR) is 121 cm³/mol. The number of H-pyrrole nitrogens is 1. The smallest absolute Gasteiger partial charge is 0.270 e. The molecule has 7 nitrogen and oxygen atoms in total. The molecule has 1 saturated heterocycles. The van der Waals surface area contributed by atoms with Gasteiger partial charge in [-0.25, -0.2) is 4.39 Å². The number of nitrogens with zero attached hydrogens (tertiary/aromatic N) is 3. The molecular weight excluding hydrogens is 411 g/mol. The third-order valence-corrected chi connectivity index (χ3v) is 6.36. The van der Waals surface area contributed by atoms with Crippen LogP contribution >= 0.6 is 0 Å². The lowest BCUT2D eigenvalue weighted by molar-refractivity contribution is -0.384. The van der Waals surface area contributed by atoms with Crippen molar-refractivity contribution < 1.29 is 14.1 Å². The quantitative estimate of drug-likeness (QED) is 0.462. The first-order chi connectivity index (χ1) is 15.4. The van der Waals surface area contributed by atoms with E-state index in [0.717, 1.165) is 25.2 Å². The van der Waals surface area contributed by atoms with Crippen molar-refractivity contribution in [3.63, 3.8) is 0 Å². The molecule has 1 aromatic heterocycles. The molecular formula is C24H27FN4O3. The molecule has 0 unspecified atom stereocenters. The second-order valence-corrected chi connectivity index (χ2v) is 8.33. The molecule has 1 N–H and O–H groups in total. The van der Waals surface area contributed by atoms with Crippen LogP contribution in [0.25, 0.3) is 10.9 Å². The molecule has 0 saturated carbocycles. The molecule has 1 aliphatic heterocycles. The van der Waals surface area contributed by atoms with Crippen molar-refractivity contribution >= 4 is 22.5 Å². The zero-order chi connectivity index (χ0) is 22.8. The van der Waals surface area contributed by atoms with Crippen LogP contribution < -0.4 is 0 Å². The lowest BCUT2D eigenvalue weighted by atomic mass is 9.86. The Balaban J connectivity index is 1.73. The molecule has 1 amide bonds. The number of nitro groups is 1. The molecule has 2 heterocycles. The molecule has 2 aromatic carbocycles. The van der Waals surface area contributed by atoms with Gasteiger partial charge in [0.1, 0.15) is 5.82 Å². The summed E-state index contributed by atoms with van der Waals surface area (Å²) in [5, 5.41) is 12.0. The summed E-state index contributed by atoms with van der Waals surface area (Å²) in [7, 11) is 0. The topological polar surface area (TPSA) is 82.5 Å². The minimum absolute atomic E-state index is 0.0357. The van der Waals surface area contributed by atoms with Crippen molar-refractivity contribution in [2.75, 3.05) is 32.7 Å². The Morgan fingerprint density at radius 3 is 2.59 bits per heavy atom. The van der Waals surface area contributed by atoms with E-state index in [2.05, 4.69) is 16.8 Å². The molecule has 0 aliphatic carbocycles. The third-order valence-electron chi connectivity index (χ3n) is 6.36. The van der Waals surface area contributed by atoms with Crippen LogP contribution in [0.15, 0.2) is 42.6 Å². The Labute approximate surface area is 186 Å². The van der Waals surface area contributed by atoms with Gasteiger partial charge in [-0.2, -0.15) is 0 Å². The van der Waals surface area contributed by atoms with Crippen molar-refractivity contribution in [2.45, 2.75) is 26.2 Å². The number of non-ortho nitro benzene ring substituents is 1. The number of halogens is 1. The fourth-order valence-electron chi connectivity index (χ4n) is 4.47. The van der Waals surface area contributed by atoms with Crippen LogP contribution in [0.5, 0.6) is 0 Å². The predicted octanol–water partition coefficient (Wildman–Crippen LogP) is 4.21. The summed E-state index contributed by atoms with van der Waals surface area (Å²) in [6.07, 6.45) is 1.84. The first kappa shape index (κ1) is 22.0. The average molecular weight is 439 g/mol. The zero-order valence-electron chi connectivity index (χ0n) is 18.3. The maximum Gasteiger partial charge on any atom is 0.270 e. The lowest BCUT2D eigenvalue weighted by Gasteiger charge is -2.35. The molecule has 0 bridgehead atoms. The number of fused-ring (bicyclic) bond motifs is 1. The number of piperazine rings is 1. The van der Waals surface area contributed by atoms with Gasteiger partial charge in [-0.3, -0.25) is 14.9 Å². The third kappa shape index (κ3) is 4.36. The SMILES string of the molecule is CCN1CCN(C(=O)C[C@H](c2cc(C)ccc2F)c2c[nH]c3ccc([N+](=O)[O-])cc23)CC1. The number of nitrogens with one attached hydrogen (secondary N) is 1. The van der Waals surface area contributed by atoms with Gasteiger partial charge in [0.15, 0.2) is 0 Å². The number of benzene rings is 2. The standard InChI is InChI=1S/C24H27FN4O3/c1-3-27-8-10-28(11-9-27)24(30)14-18(19-12-16(2)4-6-22(19)25)21-15-26-23-7-5-17(29(31)32)13-20(21)23/h4-7,12-13,15,18,26H,3,8-11,14H2,1-2H3/t18-/m1/s1. The van der Waals surface area contributed by atoms with E-state index in [9.17, 15) is 19.3 Å². The Morgan fingerprint density at radius 1 is 1.16 bits per heavy atom. The summed E-state index contributed by atoms with van der Waals surface area (Å²) in [6, 6.07) is 9.45. The fourth-order valence-corrected chi connectivity index (χ4v) is 4.47. The van der Waals surface area contributed by atoms with Crippen molar-refractivity contribution in [1.82, 2.24) is 14.8 Å². The summed E-state index contributed by atoms with van der Waals surface area (Å²) < 4.78 is 15.0. The molecule has 4 rings (SSSR count). The molecule has 168 valence electrons.